The molecule has 32 nitrogen and oxygen atoms in total. The highest BCUT2D eigenvalue weighted by Gasteiger charge is 2.61. The second-order valence-corrected chi connectivity index (χ2v) is 33.1. The van der Waals surface area contributed by atoms with Crippen molar-refractivity contribution >= 4 is 95.5 Å². The maximum absolute atomic E-state index is 12.2. The molecule has 632 valence electrons. The minimum atomic E-state index is -0.906. The lowest BCUT2D eigenvalue weighted by atomic mass is 9.71. The lowest BCUT2D eigenvalue weighted by Gasteiger charge is -2.43. The van der Waals surface area contributed by atoms with Crippen LogP contribution in [0.3, 0.4) is 0 Å². The average molecular weight is 1590 g/mol. The van der Waals surface area contributed by atoms with E-state index in [0.717, 1.165) is 0 Å². The average Bonchev–Trinajstić information content (AvgIpc) is 1.58. The van der Waals surface area contributed by atoms with Gasteiger partial charge in [0.2, 0.25) is 0 Å². The third-order valence-corrected chi connectivity index (χ3v) is 22.7. The molecule has 12 unspecified atom stereocenters. The molecule has 8 rings (SSSR count). The maximum atomic E-state index is 12.2. The van der Waals surface area contributed by atoms with Crippen molar-refractivity contribution in [2.24, 2.45) is 45.3 Å². The van der Waals surface area contributed by atoms with Crippen LogP contribution >= 0.6 is 0 Å². The van der Waals surface area contributed by atoms with Crippen LogP contribution in [0.25, 0.3) is 0 Å². The molecule has 4 aliphatic carbocycles. The largest absolute Gasteiger partial charge is 0.462 e. The van der Waals surface area contributed by atoms with E-state index < -0.39 is 110 Å². The van der Waals surface area contributed by atoms with Gasteiger partial charge in [-0.3, -0.25) is 76.7 Å². The number of fused-ring (bicyclic) bond motifs is 8. The normalized spacial score (nSPS) is 26.4. The summed E-state index contributed by atoms with van der Waals surface area (Å²) in [6, 6.07) is 0. The summed E-state index contributed by atoms with van der Waals surface area (Å²) in [6.45, 7) is 28.6. The molecule has 8 bridgehead atoms. The number of carbonyl (C=O) groups excluding carboxylic acids is 16. The first-order valence-electron chi connectivity index (χ1n) is 39.3. The van der Waals surface area contributed by atoms with Gasteiger partial charge in [0.1, 0.15) is 99.7 Å². The van der Waals surface area contributed by atoms with Crippen LogP contribution in [-0.2, 0) is 153 Å². The SMILES string of the molecule is CCC(C)(C)C(=O)OCCOC(=O)CCC(=O)OC1(C)CCC2CC1(C)OC2=O.CCC(C)(C)C(=O)OCCOC(=O)CCC(=O)OC1(C)CCC2CC1OC2=O.CCC(C)(C)C(=O)OCCOC(=O)CCC(=O)OC1CCC2CC1(C)OC2=O.CCC(C)(C)C(=O)OCCOC(=O)CCC(=O)OC1CCC2CC1OC2=O. The Labute approximate surface area is 655 Å². The zero-order valence-electron chi connectivity index (χ0n) is 68.3. The molecule has 0 amide bonds. The van der Waals surface area contributed by atoms with E-state index in [0.29, 0.717) is 103 Å². The van der Waals surface area contributed by atoms with Crippen molar-refractivity contribution in [2.75, 3.05) is 52.9 Å². The molecule has 8 aliphatic rings. The first kappa shape index (κ1) is 94.1. The molecule has 4 aliphatic heterocycles. The summed E-state index contributed by atoms with van der Waals surface area (Å²) in [4.78, 5) is 189. The quantitative estimate of drug-likeness (QED) is 0.0320. The fourth-order valence-corrected chi connectivity index (χ4v) is 13.0. The van der Waals surface area contributed by atoms with Gasteiger partial charge in [-0.05, 0) is 160 Å². The second kappa shape index (κ2) is 41.5. The Balaban J connectivity index is 0.000000267. The molecule has 4 saturated carbocycles. The van der Waals surface area contributed by atoms with Gasteiger partial charge in [0.25, 0.3) is 0 Å². The van der Waals surface area contributed by atoms with Gasteiger partial charge in [0.15, 0.2) is 0 Å². The first-order valence-corrected chi connectivity index (χ1v) is 39.3. The van der Waals surface area contributed by atoms with E-state index in [4.69, 9.17) is 75.8 Å². The standard InChI is InChI=1S/C21H32O8.2C20H30O8.C19H28O8/c1-6-19(2,3)18(25)27-12-11-26-15(22)7-8-16(23)28-20(4)10-9-14-13-21(20,5)29-17(14)24;1-5-19(2,3)18(24)26-11-10-25-15(21)6-7-16(22)28-20(4)9-8-13-12-14(20)27-17(13)23;1-5-19(2,3)18(24)26-11-10-25-15(21)8-9-16(22)27-14-7-6-13-12-20(14,4)28-17(13)23;1-4-19(2,3)18(23)25-10-9-24-15(20)7-8-16(21)26-13-6-5-12-11-14(13)27-17(12)22/h14H,6-13H2,1-5H3;2*13-14H,5-12H2,1-4H3;12-14H,4-11H2,1-3H3. The predicted octanol–water partition coefficient (Wildman–Crippen LogP) is 9.27. The molecule has 0 N–H and O–H groups in total. The topological polar surface area (TPSA) is 421 Å². The number of ether oxygens (including phenoxy) is 16. The predicted molar refractivity (Wildman–Crippen MR) is 388 cm³/mol. The van der Waals surface area contributed by atoms with Crippen molar-refractivity contribution in [3.05, 3.63) is 0 Å². The van der Waals surface area contributed by atoms with Crippen molar-refractivity contribution < 1.29 is 153 Å². The Morgan fingerprint density at radius 2 is 0.723 bits per heavy atom. The Hall–Kier alpha value is -8.48. The molecule has 0 spiro atoms. The van der Waals surface area contributed by atoms with Gasteiger partial charge in [-0.25, -0.2) is 0 Å². The number of esters is 16. The van der Waals surface area contributed by atoms with Crippen LogP contribution in [0.5, 0.6) is 0 Å². The fraction of sp³-hybridized carbons (Fsp3) is 0.800. The molecular formula is C80H120O32. The van der Waals surface area contributed by atoms with Crippen molar-refractivity contribution in [1.29, 1.82) is 0 Å². The van der Waals surface area contributed by atoms with Gasteiger partial charge in [0.05, 0.1) is 96.7 Å². The number of carbonyl (C=O) groups is 16. The maximum Gasteiger partial charge on any atom is 0.311 e. The van der Waals surface area contributed by atoms with Gasteiger partial charge in [-0.15, -0.1) is 0 Å². The summed E-state index contributed by atoms with van der Waals surface area (Å²) in [7, 11) is 0. The molecule has 8 fully saturated rings. The highest BCUT2D eigenvalue weighted by molar-refractivity contribution is 5.83. The van der Waals surface area contributed by atoms with E-state index in [1.807, 2.05) is 27.7 Å². The van der Waals surface area contributed by atoms with Crippen LogP contribution in [0, 0.1) is 45.3 Å². The third kappa shape index (κ3) is 27.7. The van der Waals surface area contributed by atoms with Crippen molar-refractivity contribution in [3.8, 4) is 0 Å². The molecule has 4 heterocycles. The molecule has 0 radical (unpaired) electrons. The van der Waals surface area contributed by atoms with Crippen LogP contribution in [0.2, 0.25) is 0 Å². The summed E-state index contributed by atoms with van der Waals surface area (Å²) < 4.78 is 83.4. The molecule has 4 saturated heterocycles. The molecule has 0 aromatic carbocycles. The summed E-state index contributed by atoms with van der Waals surface area (Å²) in [5, 5.41) is 0. The van der Waals surface area contributed by atoms with Crippen LogP contribution in [0.4, 0.5) is 0 Å². The van der Waals surface area contributed by atoms with Crippen LogP contribution in [-0.4, -0.2) is 195 Å². The second-order valence-electron chi connectivity index (χ2n) is 33.1. The molecule has 12 atom stereocenters. The van der Waals surface area contributed by atoms with E-state index in [9.17, 15) is 76.7 Å². The minimum Gasteiger partial charge on any atom is -0.462 e. The third-order valence-electron chi connectivity index (χ3n) is 22.7. The van der Waals surface area contributed by atoms with E-state index in [1.165, 1.54) is 0 Å². The van der Waals surface area contributed by atoms with Gasteiger partial charge >= 0.3 is 95.5 Å². The van der Waals surface area contributed by atoms with Crippen molar-refractivity contribution in [2.45, 2.75) is 312 Å². The number of hydrogen-bond donors (Lipinski definition) is 0. The summed E-state index contributed by atoms with van der Waals surface area (Å²) in [6.07, 6.45) is 6.94. The van der Waals surface area contributed by atoms with Gasteiger partial charge in [-0.1, -0.05) is 27.7 Å². The van der Waals surface area contributed by atoms with Crippen molar-refractivity contribution in [1.82, 2.24) is 0 Å². The lowest BCUT2D eigenvalue weighted by molar-refractivity contribution is -0.197. The Kier molecular flexibility index (Phi) is 34.9. The lowest BCUT2D eigenvalue weighted by Crippen LogP contribution is -2.54. The number of rotatable bonds is 36. The van der Waals surface area contributed by atoms with Crippen LogP contribution < -0.4 is 0 Å². The zero-order valence-corrected chi connectivity index (χ0v) is 68.3. The Bertz CT molecular complexity index is 3370. The zero-order chi connectivity index (χ0) is 83.8. The smallest absolute Gasteiger partial charge is 0.311 e. The monoisotopic (exact) mass is 1590 g/mol. The Morgan fingerprint density at radius 1 is 0.366 bits per heavy atom. The molecule has 0 aromatic rings. The highest BCUT2D eigenvalue weighted by atomic mass is 16.6. The minimum absolute atomic E-state index is 0.0191. The summed E-state index contributed by atoms with van der Waals surface area (Å²) >= 11 is 0. The molecular weight excluding hydrogens is 1470 g/mol. The van der Waals surface area contributed by atoms with Gasteiger partial charge in [0, 0.05) is 25.7 Å². The van der Waals surface area contributed by atoms with Crippen LogP contribution in [0.1, 0.15) is 265 Å². The van der Waals surface area contributed by atoms with Gasteiger partial charge in [-0.2, -0.15) is 0 Å². The van der Waals surface area contributed by atoms with Crippen LogP contribution in [0.15, 0.2) is 0 Å². The molecule has 32 heteroatoms. The fourth-order valence-electron chi connectivity index (χ4n) is 13.0. The number of hydrogen-bond acceptors (Lipinski definition) is 32. The molecule has 0 aromatic heterocycles. The summed E-state index contributed by atoms with van der Waals surface area (Å²) in [5.41, 5.74) is -5.64. The summed E-state index contributed by atoms with van der Waals surface area (Å²) in [5.74, 6) is -7.05. The van der Waals surface area contributed by atoms with Gasteiger partial charge < -0.3 is 75.8 Å². The Morgan fingerprint density at radius 3 is 1.17 bits per heavy atom. The molecule has 112 heavy (non-hydrogen) atoms. The van der Waals surface area contributed by atoms with E-state index in [2.05, 4.69) is 0 Å². The highest BCUT2D eigenvalue weighted by Crippen LogP contribution is 2.51. The first-order chi connectivity index (χ1) is 52.3. The van der Waals surface area contributed by atoms with E-state index in [1.54, 1.807) is 83.1 Å². The van der Waals surface area contributed by atoms with E-state index >= 15 is 0 Å². The van der Waals surface area contributed by atoms with E-state index in [-0.39, 0.29) is 182 Å². The van der Waals surface area contributed by atoms with Crippen molar-refractivity contribution in [3.63, 3.8) is 0 Å².